The van der Waals surface area contributed by atoms with Crippen molar-refractivity contribution in [2.75, 3.05) is 46.3 Å². The summed E-state index contributed by atoms with van der Waals surface area (Å²) >= 11 is 0. The fraction of sp³-hybridized carbons (Fsp3) is 0.341. The van der Waals surface area contributed by atoms with Crippen molar-refractivity contribution in [2.24, 2.45) is 5.92 Å². The summed E-state index contributed by atoms with van der Waals surface area (Å²) < 4.78 is 12.2. The van der Waals surface area contributed by atoms with E-state index in [4.69, 9.17) is 9.47 Å². The summed E-state index contributed by atoms with van der Waals surface area (Å²) in [6, 6.07) is 30.5. The molecule has 3 atom stereocenters. The molecule has 2 amide bonds. The number of aromatic nitrogens is 1. The van der Waals surface area contributed by atoms with Crippen LogP contribution in [0.4, 0.5) is 4.79 Å². The van der Waals surface area contributed by atoms with Crippen LogP contribution in [0.2, 0.25) is 0 Å². The number of benzene rings is 4. The van der Waals surface area contributed by atoms with Gasteiger partial charge in [-0.25, -0.2) is 4.79 Å². The summed E-state index contributed by atoms with van der Waals surface area (Å²) in [6.45, 7) is 4.52. The molecule has 3 saturated heterocycles. The largest absolute Gasteiger partial charge is 0.506 e. The number of fused-ring (bicyclic) bond motifs is 4. The molecule has 12 nitrogen and oxygen atoms in total. The van der Waals surface area contributed by atoms with E-state index >= 15 is 0 Å². The lowest BCUT2D eigenvalue weighted by molar-refractivity contribution is -0.0336. The maximum atomic E-state index is 13.3. The first-order valence-electron chi connectivity index (χ1n) is 19.3. The highest BCUT2D eigenvalue weighted by Gasteiger charge is 2.37. The number of aromatic hydroxyl groups is 1. The number of aliphatic hydroxyl groups excluding tert-OH is 1. The molecule has 0 aliphatic carbocycles. The predicted molar refractivity (Wildman–Crippen MR) is 214 cm³/mol. The molecule has 0 saturated carbocycles. The summed E-state index contributed by atoms with van der Waals surface area (Å²) in [5, 5.41) is 27.9. The fourth-order valence-corrected chi connectivity index (χ4v) is 7.74. The lowest BCUT2D eigenvalue weighted by Gasteiger charge is -2.43. The van der Waals surface area contributed by atoms with Gasteiger partial charge < -0.3 is 40.2 Å². The Morgan fingerprint density at radius 1 is 0.946 bits per heavy atom. The number of carbonyl (C=O) groups excluding carboxylic acids is 2. The molecule has 56 heavy (non-hydrogen) atoms. The van der Waals surface area contributed by atoms with Gasteiger partial charge in [-0.3, -0.25) is 14.5 Å². The van der Waals surface area contributed by atoms with Gasteiger partial charge in [-0.05, 0) is 103 Å². The molecule has 4 aromatic carbocycles. The predicted octanol–water partition coefficient (Wildman–Crippen LogP) is 5.51. The summed E-state index contributed by atoms with van der Waals surface area (Å²) in [7, 11) is 1.76. The van der Waals surface area contributed by atoms with Crippen LogP contribution >= 0.6 is 0 Å². The summed E-state index contributed by atoms with van der Waals surface area (Å²) in [5.41, 5.74) is 3.74. The number of aliphatic hydroxyl groups is 1. The van der Waals surface area contributed by atoms with Gasteiger partial charge in [-0.2, -0.15) is 0 Å². The number of H-pyrrole nitrogens is 1. The Labute approximate surface area is 326 Å². The van der Waals surface area contributed by atoms with Crippen LogP contribution in [0.15, 0.2) is 108 Å². The van der Waals surface area contributed by atoms with Gasteiger partial charge in [0.15, 0.2) is 0 Å². The first kappa shape index (κ1) is 38.6. The van der Waals surface area contributed by atoms with E-state index in [0.29, 0.717) is 53.2 Å². The Bertz CT molecular complexity index is 2190. The van der Waals surface area contributed by atoms with Gasteiger partial charge >= 0.3 is 6.09 Å². The summed E-state index contributed by atoms with van der Waals surface area (Å²) in [5.74, 6) is 0.882. The van der Waals surface area contributed by atoms with Crippen LogP contribution < -0.4 is 20.9 Å². The van der Waals surface area contributed by atoms with E-state index < -0.39 is 18.2 Å². The normalized spacial score (nSPS) is 18.6. The molecule has 3 aliphatic rings. The Balaban J connectivity index is 0.904. The molecule has 8 rings (SSSR count). The monoisotopic (exact) mass is 759 g/mol. The van der Waals surface area contributed by atoms with Gasteiger partial charge in [0.1, 0.15) is 24.2 Å². The standard InChI is InChI=1S/C44H49N5O7/c1-48(21-7-20-45-26-38(51)35-14-16-37(50)42-36(35)15-17-40(52)46-42)43(53)33-12-5-8-29(24-33)28-55-34-13-6-11-32(25-34)41(31-9-3-2-4-10-31)47-44(54)56-39-27-49-22-18-30(39)19-23-49/h2-6,8-17,24-25,30,38-39,41,45,50-51H,7,18-23,26-28H2,1H3,(H,46,52)(H,47,54)/t38-,39-,41-/m0/s1. The molecule has 2 bridgehead atoms. The van der Waals surface area contributed by atoms with Gasteiger partial charge in [-0.1, -0.05) is 60.7 Å². The van der Waals surface area contributed by atoms with Crippen LogP contribution in [-0.2, 0) is 11.3 Å². The second kappa shape index (κ2) is 17.8. The third-order valence-electron chi connectivity index (χ3n) is 10.8. The Morgan fingerprint density at radius 2 is 1.73 bits per heavy atom. The van der Waals surface area contributed by atoms with E-state index in [2.05, 4.69) is 20.5 Å². The Hall–Kier alpha value is -5.69. The number of phenols is 1. The van der Waals surface area contributed by atoms with E-state index in [0.717, 1.165) is 49.2 Å². The molecule has 1 aromatic heterocycles. The topological polar surface area (TPSA) is 156 Å². The number of carbonyl (C=O) groups is 2. The number of piperidine rings is 3. The first-order valence-corrected chi connectivity index (χ1v) is 19.3. The third kappa shape index (κ3) is 9.39. The molecule has 0 spiro atoms. The summed E-state index contributed by atoms with van der Waals surface area (Å²) in [4.78, 5) is 45.0. The van der Waals surface area contributed by atoms with Gasteiger partial charge in [0.05, 0.1) is 17.7 Å². The highest BCUT2D eigenvalue weighted by Crippen LogP contribution is 2.31. The molecule has 0 unspecified atom stereocenters. The second-order valence-electron chi connectivity index (χ2n) is 14.7. The number of hydrogen-bond donors (Lipinski definition) is 5. The molecular formula is C44H49N5O7. The zero-order valence-corrected chi connectivity index (χ0v) is 31.5. The number of hydrogen-bond acceptors (Lipinski definition) is 9. The van der Waals surface area contributed by atoms with Crippen molar-refractivity contribution in [3.05, 3.63) is 141 Å². The maximum absolute atomic E-state index is 13.3. The van der Waals surface area contributed by atoms with E-state index in [1.807, 2.05) is 72.8 Å². The van der Waals surface area contributed by atoms with Crippen molar-refractivity contribution in [1.29, 1.82) is 0 Å². The number of phenolic OH excluding ortho intramolecular Hbond substituents is 1. The number of amides is 2. The average Bonchev–Trinajstić information content (AvgIpc) is 3.22. The van der Waals surface area contributed by atoms with Gasteiger partial charge in [0.2, 0.25) is 5.56 Å². The minimum atomic E-state index is -0.860. The van der Waals surface area contributed by atoms with Crippen LogP contribution in [0.1, 0.15) is 64.0 Å². The molecule has 3 fully saturated rings. The molecule has 4 heterocycles. The van der Waals surface area contributed by atoms with Crippen LogP contribution in [0.25, 0.3) is 10.9 Å². The lowest BCUT2D eigenvalue weighted by atomic mass is 9.86. The molecule has 5 N–H and O–H groups in total. The number of alkyl carbamates (subject to hydrolysis) is 1. The number of aromatic amines is 1. The van der Waals surface area contributed by atoms with E-state index in [1.54, 1.807) is 30.1 Å². The quantitative estimate of drug-likeness (QED) is 0.0870. The maximum Gasteiger partial charge on any atom is 0.408 e. The number of rotatable bonds is 15. The van der Waals surface area contributed by atoms with Crippen molar-refractivity contribution < 1.29 is 29.3 Å². The zero-order valence-electron chi connectivity index (χ0n) is 31.5. The lowest BCUT2D eigenvalue weighted by Crippen LogP contribution is -2.52. The van der Waals surface area contributed by atoms with Gasteiger partial charge in [0.25, 0.3) is 5.91 Å². The summed E-state index contributed by atoms with van der Waals surface area (Å²) in [6.07, 6.45) is 1.41. The zero-order chi connectivity index (χ0) is 39.0. The molecule has 292 valence electrons. The minimum Gasteiger partial charge on any atom is -0.506 e. The molecule has 12 heteroatoms. The third-order valence-corrected chi connectivity index (χ3v) is 10.8. The molecule has 0 radical (unpaired) electrons. The molecule has 3 aliphatic heterocycles. The van der Waals surface area contributed by atoms with E-state index in [9.17, 15) is 24.6 Å². The fourth-order valence-electron chi connectivity index (χ4n) is 7.74. The van der Waals surface area contributed by atoms with Crippen molar-refractivity contribution in [3.8, 4) is 11.5 Å². The first-order chi connectivity index (χ1) is 27.2. The Kier molecular flexibility index (Phi) is 12.3. The smallest absolute Gasteiger partial charge is 0.408 e. The minimum absolute atomic E-state index is 0.0568. The molecular weight excluding hydrogens is 711 g/mol. The SMILES string of the molecule is CN(CCCNC[C@H](O)c1ccc(O)c2[nH]c(=O)ccc12)C(=O)c1cccc(COc2cccc([C@@H](NC(=O)O[C@H]3CN4CCC3CC4)c3ccccc3)c2)c1. The number of nitrogens with one attached hydrogen (secondary N) is 3. The van der Waals surface area contributed by atoms with Crippen LogP contribution in [0.3, 0.4) is 0 Å². The van der Waals surface area contributed by atoms with Gasteiger partial charge in [-0.15, -0.1) is 0 Å². The second-order valence-corrected chi connectivity index (χ2v) is 14.7. The van der Waals surface area contributed by atoms with Crippen LogP contribution in [0, 0.1) is 5.92 Å². The highest BCUT2D eigenvalue weighted by atomic mass is 16.6. The van der Waals surface area contributed by atoms with Crippen LogP contribution in [0.5, 0.6) is 11.5 Å². The van der Waals surface area contributed by atoms with E-state index in [-0.39, 0.29) is 36.5 Å². The van der Waals surface area contributed by atoms with Crippen molar-refractivity contribution >= 4 is 22.9 Å². The number of nitrogens with zero attached hydrogens (tertiary/aromatic N) is 2. The van der Waals surface area contributed by atoms with Crippen LogP contribution in [-0.4, -0.2) is 89.4 Å². The number of ether oxygens (including phenoxy) is 2. The van der Waals surface area contributed by atoms with Gasteiger partial charge in [0, 0.05) is 43.7 Å². The van der Waals surface area contributed by atoms with E-state index in [1.165, 1.54) is 12.1 Å². The van der Waals surface area contributed by atoms with Crippen molar-refractivity contribution in [3.63, 3.8) is 0 Å². The Morgan fingerprint density at radius 3 is 2.52 bits per heavy atom. The molecule has 5 aromatic rings. The van der Waals surface area contributed by atoms with Crippen molar-refractivity contribution in [1.82, 2.24) is 25.4 Å². The highest BCUT2D eigenvalue weighted by molar-refractivity contribution is 5.94. The average molecular weight is 760 g/mol. The number of pyridine rings is 1. The van der Waals surface area contributed by atoms with Crippen molar-refractivity contribution in [2.45, 2.75) is 44.1 Å².